The number of hydrogen-bond donors (Lipinski definition) is 2. The SMILES string of the molecule is C[Si](C)(C)N1[B]N[B]N[B]1. The molecule has 3 radical (unpaired) electrons. The maximum Gasteiger partial charge on any atom is 0.284 e. The molecule has 0 unspecified atom stereocenters. The van der Waals surface area contributed by atoms with Crippen molar-refractivity contribution in [1.82, 2.24) is 14.7 Å². The van der Waals surface area contributed by atoms with Gasteiger partial charge in [0.2, 0.25) is 0 Å². The van der Waals surface area contributed by atoms with Gasteiger partial charge in [0.05, 0.1) is 8.24 Å². The summed E-state index contributed by atoms with van der Waals surface area (Å²) < 4.78 is 2.22. The van der Waals surface area contributed by atoms with Gasteiger partial charge in [-0.05, 0) is 0 Å². The van der Waals surface area contributed by atoms with E-state index >= 15 is 0 Å². The van der Waals surface area contributed by atoms with E-state index in [-0.39, 0.29) is 0 Å². The van der Waals surface area contributed by atoms with Gasteiger partial charge in [-0.3, -0.25) is 0 Å². The highest BCUT2D eigenvalue weighted by Crippen LogP contribution is 2.04. The second kappa shape index (κ2) is 3.13. The van der Waals surface area contributed by atoms with Crippen molar-refractivity contribution in [3.05, 3.63) is 0 Å². The second-order valence-corrected chi connectivity index (χ2v) is 8.17. The molecule has 10 heavy (non-hydrogen) atoms. The molecule has 1 aliphatic rings. The molecular weight excluding hydrogens is 139 g/mol. The molecule has 7 heteroatoms. The zero-order valence-electron chi connectivity index (χ0n) is 6.68. The van der Waals surface area contributed by atoms with Crippen molar-refractivity contribution >= 4 is 30.9 Å². The fourth-order valence-corrected chi connectivity index (χ4v) is 1.63. The van der Waals surface area contributed by atoms with Crippen LogP contribution < -0.4 is 10.3 Å². The third kappa shape index (κ3) is 2.16. The summed E-state index contributed by atoms with van der Waals surface area (Å²) in [6.45, 7) is 6.86. The highest BCUT2D eigenvalue weighted by Gasteiger charge is 2.26. The molecule has 3 nitrogen and oxygen atoms in total. The molecule has 0 aromatic carbocycles. The Bertz CT molecular complexity index is 110. The summed E-state index contributed by atoms with van der Waals surface area (Å²) >= 11 is 0. The van der Waals surface area contributed by atoms with E-state index in [9.17, 15) is 0 Å². The Hall–Kier alpha value is 0.292. The molecule has 51 valence electrons. The topological polar surface area (TPSA) is 27.3 Å². The molecule has 1 heterocycles. The molecule has 0 aromatic rings. The van der Waals surface area contributed by atoms with Crippen molar-refractivity contribution in [2.75, 3.05) is 0 Å². The van der Waals surface area contributed by atoms with Crippen molar-refractivity contribution in [2.24, 2.45) is 0 Å². The fourth-order valence-electron chi connectivity index (χ4n) is 0.708. The molecular formula is C3H11B3N3Si. The van der Waals surface area contributed by atoms with E-state index in [1.807, 2.05) is 15.1 Å². The lowest BCUT2D eigenvalue weighted by Gasteiger charge is -2.36. The van der Waals surface area contributed by atoms with Crippen LogP contribution in [0.2, 0.25) is 19.6 Å². The van der Waals surface area contributed by atoms with Crippen LogP contribution in [0.1, 0.15) is 0 Å². The number of rotatable bonds is 1. The smallest absolute Gasteiger partial charge is 0.284 e. The predicted octanol–water partition coefficient (Wildman–Crippen LogP) is -1.08. The number of nitrogens with one attached hydrogen (secondary N) is 2. The van der Waals surface area contributed by atoms with Crippen LogP contribution >= 0.6 is 0 Å². The van der Waals surface area contributed by atoms with Crippen molar-refractivity contribution in [2.45, 2.75) is 19.6 Å². The van der Waals surface area contributed by atoms with Crippen LogP contribution in [0.4, 0.5) is 0 Å². The molecule has 0 amide bonds. The third-order valence-electron chi connectivity index (χ3n) is 1.37. The van der Waals surface area contributed by atoms with Gasteiger partial charge in [0, 0.05) is 0 Å². The van der Waals surface area contributed by atoms with Gasteiger partial charge in [-0.25, -0.2) is 0 Å². The van der Waals surface area contributed by atoms with Crippen LogP contribution in [0.15, 0.2) is 0 Å². The Morgan fingerprint density at radius 2 is 1.60 bits per heavy atom. The van der Waals surface area contributed by atoms with Gasteiger partial charge >= 0.3 is 0 Å². The van der Waals surface area contributed by atoms with Gasteiger partial charge in [0.15, 0.2) is 0 Å². The van der Waals surface area contributed by atoms with Gasteiger partial charge in [-0.1, -0.05) is 19.6 Å². The molecule has 1 fully saturated rings. The molecule has 0 saturated carbocycles. The minimum absolute atomic E-state index is 1.18. The standard InChI is InChI=1S/C3H11B3N3Si/c1-10(2,3)9-5-7-4-8-6-9/h7-8H,1-3H3. The third-order valence-corrected chi connectivity index (χ3v) is 3.18. The van der Waals surface area contributed by atoms with Crippen molar-refractivity contribution in [1.29, 1.82) is 0 Å². The summed E-state index contributed by atoms with van der Waals surface area (Å²) in [7, 11) is 4.60. The Morgan fingerprint density at radius 3 is 1.90 bits per heavy atom. The highest BCUT2D eigenvalue weighted by molar-refractivity contribution is 6.88. The molecule has 0 aromatic heterocycles. The van der Waals surface area contributed by atoms with Crippen LogP contribution in [-0.4, -0.2) is 35.3 Å². The Kier molecular flexibility index (Phi) is 2.62. The zero-order chi connectivity index (χ0) is 7.61. The first-order chi connectivity index (χ1) is 4.61. The minimum Gasteiger partial charge on any atom is -0.388 e. The average Bonchev–Trinajstić information content (AvgIpc) is 1.88. The summed E-state index contributed by atoms with van der Waals surface area (Å²) in [5.41, 5.74) is 0. The lowest BCUT2D eigenvalue weighted by molar-refractivity contribution is 0.954. The zero-order valence-corrected chi connectivity index (χ0v) is 7.68. The van der Waals surface area contributed by atoms with E-state index < -0.39 is 8.24 Å². The molecule has 0 bridgehead atoms. The molecule has 2 N–H and O–H groups in total. The summed E-state index contributed by atoms with van der Waals surface area (Å²) in [5, 5.41) is 6.02. The van der Waals surface area contributed by atoms with Gasteiger partial charge in [0.1, 0.15) is 0 Å². The van der Waals surface area contributed by atoms with Crippen molar-refractivity contribution in [3.8, 4) is 0 Å². The molecule has 0 aliphatic carbocycles. The molecule has 1 rings (SSSR count). The molecule has 0 atom stereocenters. The van der Waals surface area contributed by atoms with E-state index in [0.29, 0.717) is 0 Å². The average molecular weight is 150 g/mol. The summed E-state index contributed by atoms with van der Waals surface area (Å²) in [6, 6.07) is 0. The van der Waals surface area contributed by atoms with Crippen LogP contribution in [0.5, 0.6) is 0 Å². The first-order valence-corrected chi connectivity index (χ1v) is 6.84. The monoisotopic (exact) mass is 150 g/mol. The summed E-state index contributed by atoms with van der Waals surface area (Å²) in [5.74, 6) is 0. The van der Waals surface area contributed by atoms with Crippen LogP contribution in [0.25, 0.3) is 0 Å². The van der Waals surface area contributed by atoms with Crippen LogP contribution in [0.3, 0.4) is 0 Å². The quantitative estimate of drug-likeness (QED) is 0.465. The first kappa shape index (κ1) is 8.39. The molecule has 1 saturated heterocycles. The fraction of sp³-hybridized carbons (Fsp3) is 1.00. The second-order valence-electron chi connectivity index (χ2n) is 3.31. The normalized spacial score (nSPS) is 20.7. The Balaban J connectivity index is 2.39. The van der Waals surface area contributed by atoms with Gasteiger partial charge in [0.25, 0.3) is 22.6 Å². The summed E-state index contributed by atoms with van der Waals surface area (Å²) in [4.78, 5) is 0. The van der Waals surface area contributed by atoms with E-state index in [4.69, 9.17) is 0 Å². The molecule has 0 spiro atoms. The van der Waals surface area contributed by atoms with Crippen molar-refractivity contribution in [3.63, 3.8) is 0 Å². The lowest BCUT2D eigenvalue weighted by Crippen LogP contribution is -2.65. The predicted molar refractivity (Wildman–Crippen MR) is 48.7 cm³/mol. The lowest BCUT2D eigenvalue weighted by atomic mass is 9.85. The number of nitrogens with zero attached hydrogens (tertiary/aromatic N) is 1. The van der Waals surface area contributed by atoms with Gasteiger partial charge in [-0.15, -0.1) is 0 Å². The maximum absolute atomic E-state index is 3.01. The van der Waals surface area contributed by atoms with E-state index in [2.05, 4.69) is 34.3 Å². The van der Waals surface area contributed by atoms with E-state index in [0.717, 1.165) is 0 Å². The summed E-state index contributed by atoms with van der Waals surface area (Å²) in [6.07, 6.45) is 0. The first-order valence-electron chi connectivity index (χ1n) is 3.39. The maximum atomic E-state index is 3.01. The largest absolute Gasteiger partial charge is 0.388 e. The van der Waals surface area contributed by atoms with Gasteiger partial charge in [-0.2, -0.15) is 0 Å². The van der Waals surface area contributed by atoms with Gasteiger partial charge < -0.3 is 14.7 Å². The minimum atomic E-state index is -1.18. The highest BCUT2D eigenvalue weighted by atomic mass is 28.3. The van der Waals surface area contributed by atoms with Crippen LogP contribution in [0, 0.1) is 0 Å². The Morgan fingerprint density at radius 1 is 1.10 bits per heavy atom. The van der Waals surface area contributed by atoms with Crippen molar-refractivity contribution < 1.29 is 0 Å². The Labute approximate surface area is 65.9 Å². The van der Waals surface area contributed by atoms with E-state index in [1.54, 1.807) is 7.55 Å². The molecule has 1 aliphatic heterocycles. The van der Waals surface area contributed by atoms with Crippen LogP contribution in [-0.2, 0) is 0 Å². The van der Waals surface area contributed by atoms with E-state index in [1.165, 1.54) is 0 Å². The number of hydrogen-bond acceptors (Lipinski definition) is 3.